The minimum Gasteiger partial charge on any atom is -0.345 e. The van der Waals surface area contributed by atoms with Crippen LogP contribution < -0.4 is 0 Å². The van der Waals surface area contributed by atoms with Crippen molar-refractivity contribution in [2.75, 3.05) is 0 Å². The summed E-state index contributed by atoms with van der Waals surface area (Å²) in [5.41, 5.74) is 1.93. The molecule has 1 aromatic heterocycles. The first-order chi connectivity index (χ1) is 5.17. The van der Waals surface area contributed by atoms with Crippen molar-refractivity contribution in [1.29, 1.82) is 0 Å². The van der Waals surface area contributed by atoms with Crippen LogP contribution in [-0.4, -0.2) is 14.3 Å². The fourth-order valence-corrected chi connectivity index (χ4v) is 1.48. The van der Waals surface area contributed by atoms with Crippen molar-refractivity contribution in [3.63, 3.8) is 0 Å². The second kappa shape index (κ2) is 2.26. The number of aromatic amines is 1. The number of halogens is 2. The second-order valence-corrected chi connectivity index (χ2v) is 4.08. The van der Waals surface area contributed by atoms with Gasteiger partial charge >= 0.3 is 0 Å². The van der Waals surface area contributed by atoms with Gasteiger partial charge in [-0.05, 0) is 12.2 Å². The molecule has 0 saturated carbocycles. The molecule has 1 aliphatic carbocycles. The highest BCUT2D eigenvalue weighted by Gasteiger charge is 2.26. The second-order valence-electron chi connectivity index (χ2n) is 2.53. The highest BCUT2D eigenvalue weighted by Crippen LogP contribution is 2.32. The molecule has 1 aliphatic rings. The van der Waals surface area contributed by atoms with Crippen LogP contribution in [0.25, 0.3) is 6.08 Å². The van der Waals surface area contributed by atoms with Gasteiger partial charge in [0.25, 0.3) is 0 Å². The Morgan fingerprint density at radius 2 is 2.36 bits per heavy atom. The molecule has 0 saturated heterocycles. The van der Waals surface area contributed by atoms with Gasteiger partial charge in [-0.25, -0.2) is 4.98 Å². The fraction of sp³-hybridized carbons (Fsp3) is 0.286. The third-order valence-electron chi connectivity index (χ3n) is 1.65. The summed E-state index contributed by atoms with van der Waals surface area (Å²) in [4.78, 5) is 7.06. The molecule has 2 nitrogen and oxygen atoms in total. The number of nitrogens with zero attached hydrogens (tertiary/aromatic N) is 1. The van der Waals surface area contributed by atoms with Crippen molar-refractivity contribution in [1.82, 2.24) is 9.97 Å². The number of nitrogens with one attached hydrogen (secondary N) is 1. The lowest BCUT2D eigenvalue weighted by Gasteiger charge is -2.17. The average Bonchev–Trinajstić information content (AvgIpc) is 2.31. The molecular formula is C7H6Cl2N2. The molecule has 2 rings (SSSR count). The van der Waals surface area contributed by atoms with E-state index in [1.807, 2.05) is 6.08 Å². The highest BCUT2D eigenvalue weighted by molar-refractivity contribution is 6.50. The minimum atomic E-state index is -0.776. The van der Waals surface area contributed by atoms with Crippen LogP contribution in [0.4, 0.5) is 0 Å². The van der Waals surface area contributed by atoms with E-state index in [0.717, 1.165) is 11.4 Å². The van der Waals surface area contributed by atoms with Crippen molar-refractivity contribution in [2.24, 2.45) is 0 Å². The zero-order valence-electron chi connectivity index (χ0n) is 5.64. The Morgan fingerprint density at radius 1 is 1.55 bits per heavy atom. The predicted molar refractivity (Wildman–Crippen MR) is 45.8 cm³/mol. The van der Waals surface area contributed by atoms with E-state index in [2.05, 4.69) is 9.97 Å². The number of hydrogen-bond acceptors (Lipinski definition) is 1. The number of aromatic nitrogens is 2. The molecule has 1 heterocycles. The maximum atomic E-state index is 5.88. The third-order valence-corrected chi connectivity index (χ3v) is 2.17. The third kappa shape index (κ3) is 1.28. The van der Waals surface area contributed by atoms with Crippen LogP contribution in [0, 0.1) is 0 Å². The average molecular weight is 189 g/mol. The molecule has 0 aromatic carbocycles. The quantitative estimate of drug-likeness (QED) is 0.622. The Labute approximate surface area is 74.2 Å². The molecule has 0 amide bonds. The lowest BCUT2D eigenvalue weighted by Crippen LogP contribution is -2.16. The summed E-state index contributed by atoms with van der Waals surface area (Å²) < 4.78 is -0.776. The first-order valence-electron chi connectivity index (χ1n) is 3.27. The number of allylic oxidation sites excluding steroid dienone is 1. The molecule has 0 bridgehead atoms. The minimum absolute atomic E-state index is 0.575. The first kappa shape index (κ1) is 7.19. The van der Waals surface area contributed by atoms with Crippen molar-refractivity contribution < 1.29 is 0 Å². The number of fused-ring (bicyclic) bond motifs is 1. The molecule has 58 valence electrons. The maximum absolute atomic E-state index is 5.88. The Kier molecular flexibility index (Phi) is 1.48. The van der Waals surface area contributed by atoms with Crippen LogP contribution in [-0.2, 0) is 6.42 Å². The maximum Gasteiger partial charge on any atom is 0.142 e. The van der Waals surface area contributed by atoms with E-state index in [4.69, 9.17) is 23.2 Å². The zero-order chi connectivity index (χ0) is 7.90. The molecule has 0 radical (unpaired) electrons. The van der Waals surface area contributed by atoms with Crippen molar-refractivity contribution in [3.8, 4) is 0 Å². The molecule has 0 unspecified atom stereocenters. The SMILES string of the molecule is ClC1(Cl)C=Cc2[nH]cnc2C1. The Hall–Kier alpha value is -0.470. The summed E-state index contributed by atoms with van der Waals surface area (Å²) in [6, 6.07) is 0. The Morgan fingerprint density at radius 3 is 3.18 bits per heavy atom. The number of hydrogen-bond donors (Lipinski definition) is 1. The van der Waals surface area contributed by atoms with E-state index in [1.54, 1.807) is 12.4 Å². The number of H-pyrrole nitrogens is 1. The van der Waals surface area contributed by atoms with Gasteiger partial charge in [-0.15, -0.1) is 0 Å². The molecular weight excluding hydrogens is 183 g/mol. The van der Waals surface area contributed by atoms with Gasteiger partial charge in [0.2, 0.25) is 0 Å². The summed E-state index contributed by atoms with van der Waals surface area (Å²) in [7, 11) is 0. The van der Waals surface area contributed by atoms with Gasteiger partial charge in [0.1, 0.15) is 4.33 Å². The van der Waals surface area contributed by atoms with E-state index in [0.29, 0.717) is 6.42 Å². The topological polar surface area (TPSA) is 28.7 Å². The molecule has 0 atom stereocenters. The lowest BCUT2D eigenvalue weighted by atomic mass is 10.1. The van der Waals surface area contributed by atoms with E-state index in [-0.39, 0.29) is 0 Å². The summed E-state index contributed by atoms with van der Waals surface area (Å²) in [6.45, 7) is 0. The van der Waals surface area contributed by atoms with E-state index >= 15 is 0 Å². The molecule has 1 N–H and O–H groups in total. The van der Waals surface area contributed by atoms with E-state index in [9.17, 15) is 0 Å². The number of imidazole rings is 1. The van der Waals surface area contributed by atoms with Gasteiger partial charge < -0.3 is 4.98 Å². The van der Waals surface area contributed by atoms with Gasteiger partial charge in [0, 0.05) is 6.42 Å². The van der Waals surface area contributed by atoms with Gasteiger partial charge in [0.05, 0.1) is 17.7 Å². The van der Waals surface area contributed by atoms with Crippen molar-refractivity contribution in [3.05, 3.63) is 23.8 Å². The molecule has 0 fully saturated rings. The van der Waals surface area contributed by atoms with E-state index in [1.165, 1.54) is 0 Å². The van der Waals surface area contributed by atoms with Gasteiger partial charge in [-0.3, -0.25) is 0 Å². The van der Waals surface area contributed by atoms with Crippen LogP contribution in [0.3, 0.4) is 0 Å². The number of alkyl halides is 2. The van der Waals surface area contributed by atoms with Crippen LogP contribution in [0.2, 0.25) is 0 Å². The smallest absolute Gasteiger partial charge is 0.142 e. The van der Waals surface area contributed by atoms with Crippen LogP contribution in [0.5, 0.6) is 0 Å². The van der Waals surface area contributed by atoms with Crippen molar-refractivity contribution in [2.45, 2.75) is 10.8 Å². The summed E-state index contributed by atoms with van der Waals surface area (Å²) in [6.07, 6.45) is 5.83. The molecule has 0 aliphatic heterocycles. The molecule has 1 aromatic rings. The standard InChI is InChI=1S/C7H6Cl2N2/c8-7(9)2-1-5-6(3-7)11-4-10-5/h1-2,4H,3H2,(H,10,11). The zero-order valence-corrected chi connectivity index (χ0v) is 7.15. The van der Waals surface area contributed by atoms with E-state index < -0.39 is 4.33 Å². The first-order valence-corrected chi connectivity index (χ1v) is 4.02. The Bertz CT molecular complexity index is 301. The van der Waals surface area contributed by atoms with Crippen LogP contribution in [0.15, 0.2) is 12.4 Å². The van der Waals surface area contributed by atoms with Gasteiger partial charge in [-0.2, -0.15) is 0 Å². The van der Waals surface area contributed by atoms with Gasteiger partial charge in [-0.1, -0.05) is 23.2 Å². The fourth-order valence-electron chi connectivity index (χ4n) is 1.11. The Balaban J connectivity index is 2.44. The number of rotatable bonds is 0. The van der Waals surface area contributed by atoms with Gasteiger partial charge in [0.15, 0.2) is 0 Å². The normalized spacial score (nSPS) is 19.8. The summed E-state index contributed by atoms with van der Waals surface area (Å²) in [5.74, 6) is 0. The van der Waals surface area contributed by atoms with Crippen LogP contribution in [0.1, 0.15) is 11.4 Å². The van der Waals surface area contributed by atoms with Crippen molar-refractivity contribution >= 4 is 29.3 Å². The van der Waals surface area contributed by atoms with Crippen LogP contribution >= 0.6 is 23.2 Å². The summed E-state index contributed by atoms with van der Waals surface area (Å²) >= 11 is 11.8. The summed E-state index contributed by atoms with van der Waals surface area (Å²) in [5, 5.41) is 0. The highest BCUT2D eigenvalue weighted by atomic mass is 35.5. The lowest BCUT2D eigenvalue weighted by molar-refractivity contribution is 0.889. The predicted octanol–water partition coefficient (Wildman–Crippen LogP) is 2.15. The monoisotopic (exact) mass is 188 g/mol. The molecule has 0 spiro atoms. The molecule has 11 heavy (non-hydrogen) atoms. The largest absolute Gasteiger partial charge is 0.345 e. The molecule has 4 heteroatoms.